The maximum absolute atomic E-state index is 13.4. The summed E-state index contributed by atoms with van der Waals surface area (Å²) in [4.78, 5) is 19.8. The van der Waals surface area contributed by atoms with E-state index in [1.54, 1.807) is 11.2 Å². The van der Waals surface area contributed by atoms with Gasteiger partial charge in [-0.15, -0.1) is 0 Å². The minimum Gasteiger partial charge on any atom is -0.467 e. The summed E-state index contributed by atoms with van der Waals surface area (Å²) in [6.07, 6.45) is 1.93. The van der Waals surface area contributed by atoms with Crippen LogP contribution in [0.15, 0.2) is 53.1 Å². The number of aryl methyl sites for hydroxylation is 3. The number of anilines is 1. The van der Waals surface area contributed by atoms with Gasteiger partial charge in [-0.25, -0.2) is 4.98 Å². The van der Waals surface area contributed by atoms with Gasteiger partial charge in [-0.2, -0.15) is 0 Å². The second-order valence-electron chi connectivity index (χ2n) is 7.18. The molecule has 0 aliphatic rings. The third kappa shape index (κ3) is 4.07. The van der Waals surface area contributed by atoms with E-state index in [9.17, 15) is 4.79 Å². The highest BCUT2D eigenvalue weighted by atomic mass is 35.5. The van der Waals surface area contributed by atoms with Crippen LogP contribution in [0.3, 0.4) is 0 Å². The molecule has 0 saturated heterocycles. The van der Waals surface area contributed by atoms with Crippen LogP contribution in [0.25, 0.3) is 10.2 Å². The largest absolute Gasteiger partial charge is 0.467 e. The Morgan fingerprint density at radius 2 is 2.00 bits per heavy atom. The molecule has 0 fully saturated rings. The van der Waals surface area contributed by atoms with E-state index in [0.717, 1.165) is 32.5 Å². The molecule has 2 aromatic heterocycles. The highest BCUT2D eigenvalue weighted by Crippen LogP contribution is 2.34. The Bertz CT molecular complexity index is 1180. The number of amides is 1. The van der Waals surface area contributed by atoms with Gasteiger partial charge in [0.15, 0.2) is 5.13 Å². The summed E-state index contributed by atoms with van der Waals surface area (Å²) in [5.74, 6) is 0.700. The van der Waals surface area contributed by atoms with Gasteiger partial charge in [0.2, 0.25) is 5.91 Å². The lowest BCUT2D eigenvalue weighted by Gasteiger charge is -2.19. The van der Waals surface area contributed by atoms with E-state index in [-0.39, 0.29) is 5.91 Å². The van der Waals surface area contributed by atoms with Crippen molar-refractivity contribution in [3.05, 3.63) is 81.8 Å². The lowest BCUT2D eigenvalue weighted by molar-refractivity contribution is -0.118. The SMILES string of the molecule is Cc1ccc(C)c(CC(=O)N(Cc2ccco2)c2nc3c(C)c(Cl)ccc3s2)c1. The third-order valence-corrected chi connectivity index (χ3v) is 6.46. The van der Waals surface area contributed by atoms with Crippen LogP contribution in [0.5, 0.6) is 0 Å². The van der Waals surface area contributed by atoms with E-state index in [4.69, 9.17) is 21.0 Å². The summed E-state index contributed by atoms with van der Waals surface area (Å²) in [5, 5.41) is 1.32. The molecule has 4 aromatic rings. The average Bonchev–Trinajstić information content (AvgIpc) is 3.35. The average molecular weight is 425 g/mol. The number of hydrogen-bond donors (Lipinski definition) is 0. The summed E-state index contributed by atoms with van der Waals surface area (Å²) in [7, 11) is 0. The number of hydrogen-bond acceptors (Lipinski definition) is 4. The van der Waals surface area contributed by atoms with Gasteiger partial charge >= 0.3 is 0 Å². The van der Waals surface area contributed by atoms with Crippen molar-refractivity contribution in [1.82, 2.24) is 4.98 Å². The first-order valence-corrected chi connectivity index (χ1v) is 10.6. The van der Waals surface area contributed by atoms with E-state index in [1.165, 1.54) is 11.3 Å². The van der Waals surface area contributed by atoms with E-state index in [0.29, 0.717) is 28.9 Å². The number of aromatic nitrogens is 1. The molecule has 2 heterocycles. The van der Waals surface area contributed by atoms with Crippen LogP contribution in [-0.2, 0) is 17.8 Å². The fourth-order valence-corrected chi connectivity index (χ4v) is 4.47. The molecule has 0 atom stereocenters. The monoisotopic (exact) mass is 424 g/mol. The lowest BCUT2D eigenvalue weighted by atomic mass is 10.0. The van der Waals surface area contributed by atoms with Crippen LogP contribution in [0, 0.1) is 20.8 Å². The number of nitrogens with zero attached hydrogens (tertiary/aromatic N) is 2. The molecule has 1 amide bonds. The van der Waals surface area contributed by atoms with Crippen LogP contribution in [0.1, 0.15) is 28.0 Å². The first kappa shape index (κ1) is 19.7. The number of carbonyl (C=O) groups excluding carboxylic acids is 1. The molecule has 0 bridgehead atoms. The molecule has 6 heteroatoms. The number of rotatable bonds is 5. The molecule has 29 heavy (non-hydrogen) atoms. The van der Waals surface area contributed by atoms with Crippen molar-refractivity contribution in [2.75, 3.05) is 4.90 Å². The van der Waals surface area contributed by atoms with Crippen molar-refractivity contribution in [1.29, 1.82) is 0 Å². The van der Waals surface area contributed by atoms with Crippen molar-refractivity contribution in [3.63, 3.8) is 0 Å². The molecular weight excluding hydrogens is 404 g/mol. The Morgan fingerprint density at radius 1 is 1.17 bits per heavy atom. The van der Waals surface area contributed by atoms with Crippen LogP contribution in [-0.4, -0.2) is 10.9 Å². The first-order valence-electron chi connectivity index (χ1n) is 9.37. The fraction of sp³-hybridized carbons (Fsp3) is 0.217. The normalized spacial score (nSPS) is 11.2. The van der Waals surface area contributed by atoms with E-state index in [1.807, 2.05) is 45.0 Å². The second kappa shape index (κ2) is 8.01. The predicted molar refractivity (Wildman–Crippen MR) is 119 cm³/mol. The van der Waals surface area contributed by atoms with Crippen molar-refractivity contribution in [3.8, 4) is 0 Å². The minimum absolute atomic E-state index is 0.0158. The molecule has 0 aliphatic heterocycles. The van der Waals surface area contributed by atoms with Gasteiger partial charge in [-0.1, -0.05) is 46.7 Å². The topological polar surface area (TPSA) is 46.3 Å². The Kier molecular flexibility index (Phi) is 5.43. The number of carbonyl (C=O) groups is 1. The Labute approximate surface area is 178 Å². The van der Waals surface area contributed by atoms with Crippen molar-refractivity contribution in [2.45, 2.75) is 33.7 Å². The van der Waals surface area contributed by atoms with Gasteiger partial charge in [-0.05, 0) is 61.7 Å². The smallest absolute Gasteiger partial charge is 0.233 e. The molecule has 2 aromatic carbocycles. The quantitative estimate of drug-likeness (QED) is 0.380. The Hall–Kier alpha value is -2.63. The molecule has 4 nitrogen and oxygen atoms in total. The summed E-state index contributed by atoms with van der Waals surface area (Å²) in [6, 6.07) is 13.7. The van der Waals surface area contributed by atoms with Crippen molar-refractivity contribution in [2.24, 2.45) is 0 Å². The van der Waals surface area contributed by atoms with Gasteiger partial charge in [0.1, 0.15) is 5.76 Å². The van der Waals surface area contributed by atoms with E-state index < -0.39 is 0 Å². The van der Waals surface area contributed by atoms with Gasteiger partial charge in [0.25, 0.3) is 0 Å². The minimum atomic E-state index is -0.0158. The van der Waals surface area contributed by atoms with Crippen molar-refractivity contribution >= 4 is 44.2 Å². The molecular formula is C23H21ClN2O2S. The highest BCUT2D eigenvalue weighted by molar-refractivity contribution is 7.22. The second-order valence-corrected chi connectivity index (χ2v) is 8.60. The number of thiazole rings is 1. The molecule has 0 aliphatic carbocycles. The van der Waals surface area contributed by atoms with E-state index in [2.05, 4.69) is 18.2 Å². The highest BCUT2D eigenvalue weighted by Gasteiger charge is 2.23. The maximum Gasteiger partial charge on any atom is 0.233 e. The van der Waals surface area contributed by atoms with Gasteiger partial charge in [-0.3, -0.25) is 9.69 Å². The van der Waals surface area contributed by atoms with Gasteiger partial charge in [0.05, 0.1) is 29.4 Å². The zero-order valence-corrected chi connectivity index (χ0v) is 18.1. The van der Waals surface area contributed by atoms with E-state index >= 15 is 0 Å². The zero-order chi connectivity index (χ0) is 20.5. The van der Waals surface area contributed by atoms with Crippen LogP contribution < -0.4 is 4.90 Å². The zero-order valence-electron chi connectivity index (χ0n) is 16.5. The predicted octanol–water partition coefficient (Wildman–Crippen LogP) is 6.24. The molecule has 0 spiro atoms. The first-order chi connectivity index (χ1) is 13.9. The van der Waals surface area contributed by atoms with Crippen LogP contribution in [0.4, 0.5) is 5.13 Å². The number of furan rings is 1. The summed E-state index contributed by atoms with van der Waals surface area (Å²) in [6.45, 7) is 6.35. The molecule has 0 unspecified atom stereocenters. The molecule has 4 rings (SSSR count). The van der Waals surface area contributed by atoms with Gasteiger partial charge in [0, 0.05) is 5.02 Å². The van der Waals surface area contributed by atoms with Gasteiger partial charge < -0.3 is 4.42 Å². The summed E-state index contributed by atoms with van der Waals surface area (Å²) < 4.78 is 6.51. The molecule has 148 valence electrons. The Balaban J connectivity index is 1.72. The maximum atomic E-state index is 13.4. The van der Waals surface area contributed by atoms with Crippen LogP contribution >= 0.6 is 22.9 Å². The standard InChI is InChI=1S/C23H21ClN2O2S/c1-14-6-7-15(2)17(11-14)12-21(27)26(13-18-5-4-10-28-18)23-25-22-16(3)19(24)8-9-20(22)29-23/h4-11H,12-13H2,1-3H3. The molecule has 0 saturated carbocycles. The number of benzene rings is 2. The van der Waals surface area contributed by atoms with Crippen molar-refractivity contribution < 1.29 is 9.21 Å². The lowest BCUT2D eigenvalue weighted by Crippen LogP contribution is -2.31. The Morgan fingerprint density at radius 3 is 2.76 bits per heavy atom. The molecule has 0 radical (unpaired) electrons. The number of halogens is 1. The summed E-state index contributed by atoms with van der Waals surface area (Å²) >= 11 is 7.75. The molecule has 0 N–H and O–H groups in total. The number of fused-ring (bicyclic) bond motifs is 1. The summed E-state index contributed by atoms with van der Waals surface area (Å²) in [5.41, 5.74) is 5.03. The fourth-order valence-electron chi connectivity index (χ4n) is 3.27. The van der Waals surface area contributed by atoms with Crippen LogP contribution in [0.2, 0.25) is 5.02 Å². The third-order valence-electron chi connectivity index (χ3n) is 5.01.